The first-order valence-electron chi connectivity index (χ1n) is 5.57. The van der Waals surface area contributed by atoms with Crippen LogP contribution < -0.4 is 5.32 Å². The van der Waals surface area contributed by atoms with Crippen molar-refractivity contribution in [2.24, 2.45) is 0 Å². The van der Waals surface area contributed by atoms with E-state index in [-0.39, 0.29) is 0 Å². The van der Waals surface area contributed by atoms with Crippen LogP contribution in [0.4, 0.5) is 5.13 Å². The molecular formula is C11H20N2S. The molecule has 0 atom stereocenters. The summed E-state index contributed by atoms with van der Waals surface area (Å²) in [6, 6.07) is 0. The maximum atomic E-state index is 4.17. The lowest BCUT2D eigenvalue weighted by Crippen LogP contribution is -2.00. The van der Waals surface area contributed by atoms with Crippen molar-refractivity contribution in [3.05, 3.63) is 11.6 Å². The zero-order chi connectivity index (χ0) is 10.1. The van der Waals surface area contributed by atoms with Gasteiger partial charge in [-0.15, -0.1) is 11.3 Å². The minimum absolute atomic E-state index is 1.05. The molecule has 0 aromatic carbocycles. The van der Waals surface area contributed by atoms with Crippen molar-refractivity contribution < 1.29 is 0 Å². The molecule has 0 aliphatic rings. The van der Waals surface area contributed by atoms with Gasteiger partial charge in [0.25, 0.3) is 0 Å². The highest BCUT2D eigenvalue weighted by atomic mass is 32.1. The summed E-state index contributed by atoms with van der Waals surface area (Å²) in [6.45, 7) is 3.32. The molecule has 1 rings (SSSR count). The average Bonchev–Trinajstić information content (AvgIpc) is 2.69. The lowest BCUT2D eigenvalue weighted by molar-refractivity contribution is 0.617. The Kier molecular flexibility index (Phi) is 6.41. The summed E-state index contributed by atoms with van der Waals surface area (Å²) < 4.78 is 0. The summed E-state index contributed by atoms with van der Waals surface area (Å²) in [6.07, 6.45) is 9.95. The monoisotopic (exact) mass is 212 g/mol. The van der Waals surface area contributed by atoms with Crippen LogP contribution in [0.1, 0.15) is 45.4 Å². The number of nitrogens with zero attached hydrogens (tertiary/aromatic N) is 1. The van der Waals surface area contributed by atoms with Crippen molar-refractivity contribution in [3.8, 4) is 0 Å². The van der Waals surface area contributed by atoms with E-state index in [4.69, 9.17) is 0 Å². The molecule has 3 heteroatoms. The van der Waals surface area contributed by atoms with E-state index in [0.717, 1.165) is 11.7 Å². The van der Waals surface area contributed by atoms with E-state index in [0.29, 0.717) is 0 Å². The second kappa shape index (κ2) is 7.80. The lowest BCUT2D eigenvalue weighted by atomic mass is 10.1. The first-order valence-corrected chi connectivity index (χ1v) is 6.45. The zero-order valence-corrected chi connectivity index (χ0v) is 9.78. The third kappa shape index (κ3) is 5.22. The quantitative estimate of drug-likeness (QED) is 0.661. The number of aromatic nitrogens is 1. The molecular weight excluding hydrogens is 192 g/mol. The van der Waals surface area contributed by atoms with E-state index in [2.05, 4.69) is 17.2 Å². The van der Waals surface area contributed by atoms with Gasteiger partial charge in [0.05, 0.1) is 0 Å². The van der Waals surface area contributed by atoms with Gasteiger partial charge in [-0.05, 0) is 6.42 Å². The van der Waals surface area contributed by atoms with Crippen LogP contribution in [0.3, 0.4) is 0 Å². The Morgan fingerprint density at radius 3 is 2.71 bits per heavy atom. The smallest absolute Gasteiger partial charge is 0.182 e. The molecule has 0 aliphatic carbocycles. The first-order chi connectivity index (χ1) is 6.93. The van der Waals surface area contributed by atoms with Gasteiger partial charge in [0.15, 0.2) is 5.13 Å². The number of nitrogens with one attached hydrogen (secondary N) is 1. The van der Waals surface area contributed by atoms with Crippen LogP contribution in [0.2, 0.25) is 0 Å². The summed E-state index contributed by atoms with van der Waals surface area (Å²) in [7, 11) is 0. The van der Waals surface area contributed by atoms with Gasteiger partial charge in [-0.2, -0.15) is 0 Å². The van der Waals surface area contributed by atoms with Crippen LogP contribution >= 0.6 is 11.3 Å². The van der Waals surface area contributed by atoms with Crippen LogP contribution in [-0.2, 0) is 0 Å². The Balaban J connectivity index is 1.85. The van der Waals surface area contributed by atoms with Gasteiger partial charge < -0.3 is 5.32 Å². The molecule has 0 aliphatic heterocycles. The van der Waals surface area contributed by atoms with Gasteiger partial charge in [0, 0.05) is 18.1 Å². The number of hydrogen-bond donors (Lipinski definition) is 1. The molecule has 0 radical (unpaired) electrons. The van der Waals surface area contributed by atoms with Crippen LogP contribution in [0.25, 0.3) is 0 Å². The van der Waals surface area contributed by atoms with E-state index in [1.807, 2.05) is 11.6 Å². The maximum absolute atomic E-state index is 4.17. The molecule has 0 bridgehead atoms. The molecule has 0 fully saturated rings. The predicted molar refractivity (Wildman–Crippen MR) is 64.0 cm³/mol. The van der Waals surface area contributed by atoms with Gasteiger partial charge in [-0.25, -0.2) is 4.98 Å². The van der Waals surface area contributed by atoms with Crippen LogP contribution in [0, 0.1) is 0 Å². The fourth-order valence-electron chi connectivity index (χ4n) is 1.41. The Morgan fingerprint density at radius 2 is 2.00 bits per heavy atom. The molecule has 1 N–H and O–H groups in total. The molecule has 2 nitrogen and oxygen atoms in total. The maximum Gasteiger partial charge on any atom is 0.182 e. The highest BCUT2D eigenvalue weighted by Gasteiger charge is 1.93. The molecule has 0 unspecified atom stereocenters. The van der Waals surface area contributed by atoms with E-state index < -0.39 is 0 Å². The molecule has 0 saturated heterocycles. The molecule has 14 heavy (non-hydrogen) atoms. The summed E-state index contributed by atoms with van der Waals surface area (Å²) in [5, 5.41) is 6.38. The summed E-state index contributed by atoms with van der Waals surface area (Å²) in [5.74, 6) is 0. The third-order valence-corrected chi connectivity index (χ3v) is 2.97. The normalized spacial score (nSPS) is 10.4. The highest BCUT2D eigenvalue weighted by Crippen LogP contribution is 2.11. The Bertz CT molecular complexity index is 209. The number of thiazole rings is 1. The van der Waals surface area contributed by atoms with Gasteiger partial charge in [-0.3, -0.25) is 0 Å². The fraction of sp³-hybridized carbons (Fsp3) is 0.727. The van der Waals surface area contributed by atoms with Crippen molar-refractivity contribution in [2.45, 2.75) is 45.4 Å². The number of unbranched alkanes of at least 4 members (excludes halogenated alkanes) is 5. The van der Waals surface area contributed by atoms with E-state index in [1.165, 1.54) is 38.5 Å². The summed E-state index contributed by atoms with van der Waals surface area (Å²) >= 11 is 1.67. The third-order valence-electron chi connectivity index (χ3n) is 2.24. The number of anilines is 1. The van der Waals surface area contributed by atoms with Crippen molar-refractivity contribution in [1.29, 1.82) is 0 Å². The van der Waals surface area contributed by atoms with Crippen LogP contribution in [-0.4, -0.2) is 11.5 Å². The predicted octanol–water partition coefficient (Wildman–Crippen LogP) is 3.92. The summed E-state index contributed by atoms with van der Waals surface area (Å²) in [4.78, 5) is 4.17. The molecule has 0 spiro atoms. The largest absolute Gasteiger partial charge is 0.362 e. The minimum Gasteiger partial charge on any atom is -0.362 e. The van der Waals surface area contributed by atoms with Gasteiger partial charge >= 0.3 is 0 Å². The first kappa shape index (κ1) is 11.5. The topological polar surface area (TPSA) is 24.9 Å². The second-order valence-corrected chi connectivity index (χ2v) is 4.43. The molecule has 0 amide bonds. The van der Waals surface area contributed by atoms with Gasteiger partial charge in [0.2, 0.25) is 0 Å². The molecule has 0 saturated carbocycles. The van der Waals surface area contributed by atoms with E-state index in [9.17, 15) is 0 Å². The summed E-state index contributed by atoms with van der Waals surface area (Å²) in [5.41, 5.74) is 0. The highest BCUT2D eigenvalue weighted by molar-refractivity contribution is 7.13. The molecule has 1 heterocycles. The molecule has 1 aromatic heterocycles. The van der Waals surface area contributed by atoms with Crippen LogP contribution in [0.15, 0.2) is 11.6 Å². The number of rotatable bonds is 8. The molecule has 80 valence electrons. The Morgan fingerprint density at radius 1 is 1.21 bits per heavy atom. The SMILES string of the molecule is CCCCCCCCNc1nccs1. The Hall–Kier alpha value is -0.570. The van der Waals surface area contributed by atoms with Gasteiger partial charge in [0.1, 0.15) is 0 Å². The number of hydrogen-bond acceptors (Lipinski definition) is 3. The minimum atomic E-state index is 1.05. The molecule has 1 aromatic rings. The van der Waals surface area contributed by atoms with Crippen molar-refractivity contribution in [3.63, 3.8) is 0 Å². The van der Waals surface area contributed by atoms with Crippen molar-refractivity contribution >= 4 is 16.5 Å². The lowest BCUT2D eigenvalue weighted by Gasteiger charge is -2.02. The second-order valence-electron chi connectivity index (χ2n) is 3.53. The zero-order valence-electron chi connectivity index (χ0n) is 8.96. The van der Waals surface area contributed by atoms with Gasteiger partial charge in [-0.1, -0.05) is 39.0 Å². The van der Waals surface area contributed by atoms with Crippen molar-refractivity contribution in [2.75, 3.05) is 11.9 Å². The van der Waals surface area contributed by atoms with Crippen LogP contribution in [0.5, 0.6) is 0 Å². The van der Waals surface area contributed by atoms with E-state index in [1.54, 1.807) is 11.3 Å². The van der Waals surface area contributed by atoms with E-state index >= 15 is 0 Å². The fourth-order valence-corrected chi connectivity index (χ4v) is 1.97. The average molecular weight is 212 g/mol. The Labute approximate surface area is 90.8 Å². The standard InChI is InChI=1S/C11H20N2S/c1-2-3-4-5-6-7-8-12-11-13-9-10-14-11/h9-10H,2-8H2,1H3,(H,12,13). The van der Waals surface area contributed by atoms with Crippen molar-refractivity contribution in [1.82, 2.24) is 4.98 Å².